The highest BCUT2D eigenvalue weighted by atomic mass is 32.2. The highest BCUT2D eigenvalue weighted by Gasteiger charge is 2.35. The van der Waals surface area contributed by atoms with Crippen LogP contribution >= 0.6 is 11.8 Å². The zero-order chi connectivity index (χ0) is 18.8. The number of benzene rings is 1. The Kier molecular flexibility index (Phi) is 6.13. The van der Waals surface area contributed by atoms with Gasteiger partial charge in [-0.25, -0.2) is 0 Å². The second-order valence-electron chi connectivity index (χ2n) is 8.83. The molecule has 2 aliphatic heterocycles. The first kappa shape index (κ1) is 19.3. The molecule has 0 spiro atoms. The Labute approximate surface area is 168 Å². The fourth-order valence-corrected chi connectivity index (χ4v) is 6.04. The monoisotopic (exact) mass is 386 g/mol. The number of rotatable bonds is 4. The molecule has 2 heterocycles. The molecule has 4 heteroatoms. The van der Waals surface area contributed by atoms with Gasteiger partial charge in [0.25, 0.3) is 0 Å². The van der Waals surface area contributed by atoms with Crippen LogP contribution in [0.1, 0.15) is 68.1 Å². The zero-order valence-corrected chi connectivity index (χ0v) is 17.8. The average Bonchev–Trinajstić information content (AvgIpc) is 3.20. The zero-order valence-electron chi connectivity index (χ0n) is 17.0. The molecule has 0 saturated carbocycles. The van der Waals surface area contributed by atoms with E-state index in [2.05, 4.69) is 41.8 Å². The van der Waals surface area contributed by atoms with Crippen LogP contribution in [0.25, 0.3) is 0 Å². The van der Waals surface area contributed by atoms with Gasteiger partial charge in [-0.3, -0.25) is 4.79 Å². The molecule has 148 valence electrons. The predicted molar refractivity (Wildman–Crippen MR) is 115 cm³/mol. The van der Waals surface area contributed by atoms with Crippen molar-refractivity contribution >= 4 is 17.7 Å². The van der Waals surface area contributed by atoms with E-state index in [1.807, 2.05) is 11.8 Å². The summed E-state index contributed by atoms with van der Waals surface area (Å²) in [5, 5.41) is 0. The van der Waals surface area contributed by atoms with Crippen LogP contribution in [0, 0.1) is 0 Å². The average molecular weight is 387 g/mol. The number of likely N-dealkylation sites (tertiary alicyclic amines) is 1. The number of hydrogen-bond acceptors (Lipinski definition) is 3. The maximum absolute atomic E-state index is 13.7. The molecule has 1 aliphatic carbocycles. The Morgan fingerprint density at radius 3 is 2.78 bits per heavy atom. The topological polar surface area (TPSA) is 23.6 Å². The van der Waals surface area contributed by atoms with Gasteiger partial charge in [0.2, 0.25) is 5.91 Å². The summed E-state index contributed by atoms with van der Waals surface area (Å²) >= 11 is 2.03. The third-order valence-electron chi connectivity index (χ3n) is 6.63. The fraction of sp³-hybridized carbons (Fsp3) is 0.696. The quantitative estimate of drug-likeness (QED) is 0.772. The normalized spacial score (nSPS) is 26.4. The van der Waals surface area contributed by atoms with Crippen molar-refractivity contribution < 1.29 is 4.79 Å². The van der Waals surface area contributed by atoms with E-state index < -0.39 is 0 Å². The van der Waals surface area contributed by atoms with E-state index in [0.29, 0.717) is 17.9 Å². The van der Waals surface area contributed by atoms with Crippen LogP contribution in [0.4, 0.5) is 0 Å². The van der Waals surface area contributed by atoms with E-state index in [-0.39, 0.29) is 5.92 Å². The molecule has 0 radical (unpaired) electrons. The molecule has 2 atom stereocenters. The number of fused-ring (bicyclic) bond motifs is 1. The van der Waals surface area contributed by atoms with Crippen molar-refractivity contribution in [1.29, 1.82) is 0 Å². The van der Waals surface area contributed by atoms with Crippen molar-refractivity contribution in [3.63, 3.8) is 0 Å². The molecule has 27 heavy (non-hydrogen) atoms. The van der Waals surface area contributed by atoms with Crippen LogP contribution < -0.4 is 0 Å². The van der Waals surface area contributed by atoms with Gasteiger partial charge in [-0.05, 0) is 67.8 Å². The summed E-state index contributed by atoms with van der Waals surface area (Å²) in [7, 11) is 0. The minimum Gasteiger partial charge on any atom is -0.336 e. The standard InChI is InChI=1S/C23H34N2OS/c1-17(2)19-9-8-18-6-5-7-21(22(18)14-19)23(26)25-12-13-27-16-20(25)15-24-10-3-4-11-24/h8-9,14,17,20-21H,3-7,10-13,15-16H2,1-2H3. The van der Waals surface area contributed by atoms with Gasteiger partial charge in [-0.1, -0.05) is 32.0 Å². The van der Waals surface area contributed by atoms with E-state index in [9.17, 15) is 4.79 Å². The van der Waals surface area contributed by atoms with Crippen molar-refractivity contribution in [2.24, 2.45) is 0 Å². The molecule has 3 nitrogen and oxygen atoms in total. The first-order valence-corrected chi connectivity index (χ1v) is 12.0. The SMILES string of the molecule is CC(C)c1ccc2c(c1)C(C(=O)N1CCSCC1CN1CCCC1)CCC2. The van der Waals surface area contributed by atoms with Crippen molar-refractivity contribution in [2.45, 2.75) is 63.8 Å². The summed E-state index contributed by atoms with van der Waals surface area (Å²) in [4.78, 5) is 18.5. The smallest absolute Gasteiger partial charge is 0.230 e. The highest BCUT2D eigenvalue weighted by Crippen LogP contribution is 2.36. The molecule has 1 aromatic rings. The molecule has 1 aromatic carbocycles. The summed E-state index contributed by atoms with van der Waals surface area (Å²) in [6.07, 6.45) is 5.94. The predicted octanol–water partition coefficient (Wildman–Crippen LogP) is 4.27. The third-order valence-corrected chi connectivity index (χ3v) is 7.72. The van der Waals surface area contributed by atoms with E-state index in [1.54, 1.807) is 0 Å². The summed E-state index contributed by atoms with van der Waals surface area (Å²) in [5.41, 5.74) is 4.11. The Morgan fingerprint density at radius 1 is 1.19 bits per heavy atom. The Morgan fingerprint density at radius 2 is 2.00 bits per heavy atom. The van der Waals surface area contributed by atoms with Gasteiger partial charge in [0.15, 0.2) is 0 Å². The molecular weight excluding hydrogens is 352 g/mol. The molecule has 2 fully saturated rings. The lowest BCUT2D eigenvalue weighted by molar-refractivity contribution is -0.135. The first-order valence-electron chi connectivity index (χ1n) is 10.9. The summed E-state index contributed by atoms with van der Waals surface area (Å²) in [6, 6.07) is 7.30. The maximum Gasteiger partial charge on any atom is 0.230 e. The number of aryl methyl sites for hydroxylation is 1. The summed E-state index contributed by atoms with van der Waals surface area (Å²) in [5.74, 6) is 3.20. The van der Waals surface area contributed by atoms with Crippen molar-refractivity contribution in [2.75, 3.05) is 37.7 Å². The number of carbonyl (C=O) groups excluding carboxylic acids is 1. The van der Waals surface area contributed by atoms with Gasteiger partial charge in [-0.15, -0.1) is 0 Å². The van der Waals surface area contributed by atoms with E-state index in [1.165, 1.54) is 42.6 Å². The van der Waals surface area contributed by atoms with Crippen LogP contribution in [-0.2, 0) is 11.2 Å². The molecule has 0 aromatic heterocycles. The van der Waals surface area contributed by atoms with E-state index in [4.69, 9.17) is 0 Å². The molecule has 2 saturated heterocycles. The van der Waals surface area contributed by atoms with Gasteiger partial charge >= 0.3 is 0 Å². The highest BCUT2D eigenvalue weighted by molar-refractivity contribution is 7.99. The molecular formula is C23H34N2OS. The number of hydrogen-bond donors (Lipinski definition) is 0. The van der Waals surface area contributed by atoms with Gasteiger partial charge < -0.3 is 9.80 Å². The summed E-state index contributed by atoms with van der Waals surface area (Å²) < 4.78 is 0. The van der Waals surface area contributed by atoms with Crippen molar-refractivity contribution in [1.82, 2.24) is 9.80 Å². The van der Waals surface area contributed by atoms with Gasteiger partial charge in [0, 0.05) is 24.6 Å². The van der Waals surface area contributed by atoms with Crippen LogP contribution in [0.3, 0.4) is 0 Å². The number of thioether (sulfide) groups is 1. The fourth-order valence-electron chi connectivity index (χ4n) is 4.99. The van der Waals surface area contributed by atoms with Crippen LogP contribution in [-0.4, -0.2) is 59.4 Å². The molecule has 1 amide bonds. The summed E-state index contributed by atoms with van der Waals surface area (Å²) in [6.45, 7) is 8.92. The number of nitrogens with zero attached hydrogens (tertiary/aromatic N) is 2. The van der Waals surface area contributed by atoms with Crippen LogP contribution in [0.2, 0.25) is 0 Å². The van der Waals surface area contributed by atoms with Gasteiger partial charge in [0.1, 0.15) is 0 Å². The van der Waals surface area contributed by atoms with Crippen LogP contribution in [0.15, 0.2) is 18.2 Å². The number of amides is 1. The molecule has 0 bridgehead atoms. The Balaban J connectivity index is 1.55. The third kappa shape index (κ3) is 4.22. The van der Waals surface area contributed by atoms with Gasteiger partial charge in [-0.2, -0.15) is 11.8 Å². The molecule has 2 unspecified atom stereocenters. The molecule has 0 N–H and O–H groups in total. The lowest BCUT2D eigenvalue weighted by atomic mass is 9.80. The van der Waals surface area contributed by atoms with E-state index in [0.717, 1.165) is 43.9 Å². The second kappa shape index (κ2) is 8.57. The Hall–Kier alpha value is -1.00. The molecule has 4 rings (SSSR count). The first-order chi connectivity index (χ1) is 13.1. The largest absolute Gasteiger partial charge is 0.336 e. The maximum atomic E-state index is 13.7. The lowest BCUT2D eigenvalue weighted by Gasteiger charge is -2.40. The van der Waals surface area contributed by atoms with Crippen molar-refractivity contribution in [3.8, 4) is 0 Å². The van der Waals surface area contributed by atoms with Crippen molar-refractivity contribution in [3.05, 3.63) is 34.9 Å². The molecule has 3 aliphatic rings. The van der Waals surface area contributed by atoms with E-state index >= 15 is 0 Å². The lowest BCUT2D eigenvalue weighted by Crippen LogP contribution is -2.52. The minimum atomic E-state index is 0.0802. The number of carbonyl (C=O) groups is 1. The Bertz CT molecular complexity index is 668. The van der Waals surface area contributed by atoms with Gasteiger partial charge in [0.05, 0.1) is 12.0 Å². The van der Waals surface area contributed by atoms with Crippen LogP contribution in [0.5, 0.6) is 0 Å². The minimum absolute atomic E-state index is 0.0802. The second-order valence-corrected chi connectivity index (χ2v) is 9.98.